The van der Waals surface area contributed by atoms with Gasteiger partial charge in [0.25, 0.3) is 0 Å². The van der Waals surface area contributed by atoms with Crippen molar-refractivity contribution in [3.8, 4) is 0 Å². The summed E-state index contributed by atoms with van der Waals surface area (Å²) in [5.74, 6) is -0.371. The Hall–Kier alpha value is -1.55. The number of likely N-dealkylation sites (tertiary alicyclic amines) is 1. The van der Waals surface area contributed by atoms with Gasteiger partial charge in [-0.3, -0.25) is 4.79 Å². The van der Waals surface area contributed by atoms with Gasteiger partial charge in [-0.25, -0.2) is 0 Å². The second kappa shape index (κ2) is 5.40. The maximum atomic E-state index is 11.1. The summed E-state index contributed by atoms with van der Waals surface area (Å²) in [5, 5.41) is 3.56. The minimum atomic E-state index is -0.371. The fourth-order valence-corrected chi connectivity index (χ4v) is 2.35. The fourth-order valence-electron chi connectivity index (χ4n) is 2.35. The van der Waals surface area contributed by atoms with Gasteiger partial charge in [-0.15, -0.1) is 0 Å². The van der Waals surface area contributed by atoms with Gasteiger partial charge in [0.1, 0.15) is 0 Å². The molecule has 1 aliphatic rings. The zero-order valence-electron chi connectivity index (χ0n) is 11.1. The summed E-state index contributed by atoms with van der Waals surface area (Å²) in [5.41, 5.74) is 8.02. The van der Waals surface area contributed by atoms with E-state index in [1.165, 1.54) is 0 Å². The smallest absolute Gasteiger partial charge is 0.248 e. The number of carbonyl (C=O) groups excluding carboxylic acids is 1. The Bertz CT molecular complexity index is 437. The molecule has 0 unspecified atom stereocenters. The lowest BCUT2D eigenvalue weighted by atomic mass is 10.0. The van der Waals surface area contributed by atoms with Crippen molar-refractivity contribution in [2.75, 3.05) is 25.5 Å². The van der Waals surface area contributed by atoms with E-state index in [2.05, 4.69) is 17.3 Å². The molecule has 1 saturated heterocycles. The fraction of sp³-hybridized carbons (Fsp3) is 0.500. The van der Waals surface area contributed by atoms with E-state index in [1.807, 2.05) is 19.1 Å². The van der Waals surface area contributed by atoms with Gasteiger partial charge < -0.3 is 16.0 Å². The molecule has 18 heavy (non-hydrogen) atoms. The molecule has 0 spiro atoms. The van der Waals surface area contributed by atoms with Crippen molar-refractivity contribution in [2.24, 2.45) is 5.73 Å². The van der Waals surface area contributed by atoms with E-state index in [0.717, 1.165) is 37.2 Å². The molecular formula is C14H21N3O. The van der Waals surface area contributed by atoms with Crippen molar-refractivity contribution in [1.82, 2.24) is 4.90 Å². The average molecular weight is 247 g/mol. The van der Waals surface area contributed by atoms with Crippen LogP contribution in [0.3, 0.4) is 0 Å². The average Bonchev–Trinajstić information content (AvgIpc) is 2.34. The quantitative estimate of drug-likeness (QED) is 0.853. The van der Waals surface area contributed by atoms with Crippen LogP contribution >= 0.6 is 0 Å². The number of carbonyl (C=O) groups is 1. The largest absolute Gasteiger partial charge is 0.382 e. The number of aryl methyl sites for hydroxylation is 1. The number of nitrogens with one attached hydrogen (secondary N) is 1. The number of piperidine rings is 1. The highest BCUT2D eigenvalue weighted by molar-refractivity contribution is 5.93. The van der Waals surface area contributed by atoms with Gasteiger partial charge in [-0.05, 0) is 63.7 Å². The maximum absolute atomic E-state index is 11.1. The number of primary amides is 1. The summed E-state index contributed by atoms with van der Waals surface area (Å²) >= 11 is 0. The molecule has 0 atom stereocenters. The van der Waals surface area contributed by atoms with E-state index in [4.69, 9.17) is 5.73 Å². The molecule has 0 bridgehead atoms. The Balaban J connectivity index is 2.03. The van der Waals surface area contributed by atoms with Crippen LogP contribution in [0.5, 0.6) is 0 Å². The van der Waals surface area contributed by atoms with Crippen LogP contribution in [0.4, 0.5) is 5.69 Å². The molecule has 1 aromatic rings. The number of amides is 1. The molecule has 0 aliphatic carbocycles. The number of hydrogen-bond donors (Lipinski definition) is 2. The van der Waals surface area contributed by atoms with Crippen LogP contribution in [0, 0.1) is 6.92 Å². The van der Waals surface area contributed by atoms with Crippen LogP contribution in [0.25, 0.3) is 0 Å². The van der Waals surface area contributed by atoms with Crippen molar-refractivity contribution in [3.63, 3.8) is 0 Å². The van der Waals surface area contributed by atoms with Crippen molar-refractivity contribution in [1.29, 1.82) is 0 Å². The molecule has 1 fully saturated rings. The van der Waals surface area contributed by atoms with Crippen molar-refractivity contribution in [2.45, 2.75) is 25.8 Å². The monoisotopic (exact) mass is 247 g/mol. The second-order valence-electron chi connectivity index (χ2n) is 5.12. The minimum absolute atomic E-state index is 0.371. The predicted molar refractivity (Wildman–Crippen MR) is 73.8 cm³/mol. The summed E-state index contributed by atoms with van der Waals surface area (Å²) in [6.07, 6.45) is 2.32. The second-order valence-corrected chi connectivity index (χ2v) is 5.12. The van der Waals surface area contributed by atoms with Gasteiger partial charge in [-0.1, -0.05) is 0 Å². The van der Waals surface area contributed by atoms with E-state index in [9.17, 15) is 4.79 Å². The first-order valence-electron chi connectivity index (χ1n) is 6.42. The molecule has 4 nitrogen and oxygen atoms in total. The number of rotatable bonds is 3. The number of hydrogen-bond acceptors (Lipinski definition) is 3. The third-order valence-corrected chi connectivity index (χ3v) is 3.59. The van der Waals surface area contributed by atoms with E-state index in [-0.39, 0.29) is 5.91 Å². The van der Waals surface area contributed by atoms with Gasteiger partial charge in [0.15, 0.2) is 0 Å². The molecular weight excluding hydrogens is 226 g/mol. The van der Waals surface area contributed by atoms with Crippen molar-refractivity contribution in [3.05, 3.63) is 29.3 Å². The van der Waals surface area contributed by atoms with Crippen LogP contribution in [0.2, 0.25) is 0 Å². The Labute approximate surface area is 108 Å². The van der Waals surface area contributed by atoms with Crippen molar-refractivity contribution < 1.29 is 4.79 Å². The van der Waals surface area contributed by atoms with Crippen LogP contribution in [0.1, 0.15) is 28.8 Å². The summed E-state index contributed by atoms with van der Waals surface area (Å²) in [6.45, 7) is 4.27. The molecule has 2 rings (SSSR count). The molecule has 3 N–H and O–H groups in total. The number of benzene rings is 1. The number of nitrogens with zero attached hydrogens (tertiary/aromatic N) is 1. The topological polar surface area (TPSA) is 58.4 Å². The Morgan fingerprint density at radius 3 is 2.61 bits per heavy atom. The molecule has 1 aromatic carbocycles. The first-order valence-corrected chi connectivity index (χ1v) is 6.42. The number of anilines is 1. The van der Waals surface area contributed by atoms with Crippen molar-refractivity contribution >= 4 is 11.6 Å². The van der Waals surface area contributed by atoms with E-state index < -0.39 is 0 Å². The third kappa shape index (κ3) is 3.01. The maximum Gasteiger partial charge on any atom is 0.248 e. The van der Waals surface area contributed by atoms with Gasteiger partial charge in [0.05, 0.1) is 0 Å². The highest BCUT2D eigenvalue weighted by atomic mass is 16.1. The highest BCUT2D eigenvalue weighted by Crippen LogP contribution is 2.20. The standard InChI is InChI=1S/C14H21N3O/c1-10-9-11(14(15)18)3-4-13(10)16-12-5-7-17(2)8-6-12/h3-4,9,12,16H,5-8H2,1-2H3,(H2,15,18). The molecule has 0 saturated carbocycles. The summed E-state index contributed by atoms with van der Waals surface area (Å²) in [6, 6.07) is 6.11. The SMILES string of the molecule is Cc1cc(C(N)=O)ccc1NC1CCN(C)CC1. The Kier molecular flexibility index (Phi) is 3.87. The van der Waals surface area contributed by atoms with E-state index >= 15 is 0 Å². The van der Waals surface area contributed by atoms with Crippen LogP contribution < -0.4 is 11.1 Å². The van der Waals surface area contributed by atoms with E-state index in [0.29, 0.717) is 11.6 Å². The summed E-state index contributed by atoms with van der Waals surface area (Å²) < 4.78 is 0. The lowest BCUT2D eigenvalue weighted by Gasteiger charge is -2.30. The normalized spacial score (nSPS) is 17.7. The molecule has 1 amide bonds. The van der Waals surface area contributed by atoms with Crippen LogP contribution in [0.15, 0.2) is 18.2 Å². The zero-order chi connectivity index (χ0) is 13.1. The summed E-state index contributed by atoms with van der Waals surface area (Å²) in [7, 11) is 2.16. The first-order chi connectivity index (χ1) is 8.56. The third-order valence-electron chi connectivity index (χ3n) is 3.59. The highest BCUT2D eigenvalue weighted by Gasteiger charge is 2.17. The molecule has 0 radical (unpaired) electrons. The first kappa shape index (κ1) is 12.9. The molecule has 98 valence electrons. The Morgan fingerprint density at radius 1 is 1.39 bits per heavy atom. The Morgan fingerprint density at radius 2 is 2.06 bits per heavy atom. The molecule has 0 aromatic heterocycles. The van der Waals surface area contributed by atoms with E-state index in [1.54, 1.807) is 6.07 Å². The molecule has 1 aliphatic heterocycles. The lowest BCUT2D eigenvalue weighted by Crippen LogP contribution is -2.36. The van der Waals surface area contributed by atoms with Gasteiger partial charge >= 0.3 is 0 Å². The predicted octanol–water partition coefficient (Wildman–Crippen LogP) is 1.60. The van der Waals surface area contributed by atoms with Gasteiger partial charge in [0.2, 0.25) is 5.91 Å². The van der Waals surface area contributed by atoms with Gasteiger partial charge in [-0.2, -0.15) is 0 Å². The zero-order valence-corrected chi connectivity index (χ0v) is 11.1. The molecule has 4 heteroatoms. The lowest BCUT2D eigenvalue weighted by molar-refractivity contribution is 0.1000. The van der Waals surface area contributed by atoms with Crippen LogP contribution in [-0.2, 0) is 0 Å². The van der Waals surface area contributed by atoms with Crippen LogP contribution in [-0.4, -0.2) is 37.0 Å². The minimum Gasteiger partial charge on any atom is -0.382 e. The summed E-state index contributed by atoms with van der Waals surface area (Å²) in [4.78, 5) is 13.4. The number of nitrogens with two attached hydrogens (primary N) is 1. The van der Waals surface area contributed by atoms with Gasteiger partial charge in [0, 0.05) is 17.3 Å². The molecule has 1 heterocycles.